The van der Waals surface area contributed by atoms with Crippen LogP contribution in [-0.2, 0) is 4.79 Å². The molecule has 4 heteroatoms. The first-order valence-electron chi connectivity index (χ1n) is 8.12. The smallest absolute Gasteiger partial charge is 0.222 e. The maximum Gasteiger partial charge on any atom is 0.222 e. The van der Waals surface area contributed by atoms with Crippen LogP contribution < -0.4 is 11.1 Å². The molecule has 1 unspecified atom stereocenters. The van der Waals surface area contributed by atoms with Crippen molar-refractivity contribution in [3.63, 3.8) is 0 Å². The van der Waals surface area contributed by atoms with Crippen molar-refractivity contribution in [3.8, 4) is 0 Å². The van der Waals surface area contributed by atoms with Crippen LogP contribution in [0.25, 0.3) is 0 Å². The Kier molecular flexibility index (Phi) is 5.08. The van der Waals surface area contributed by atoms with Gasteiger partial charge in [-0.15, -0.1) is 0 Å². The Labute approximate surface area is 123 Å². The highest BCUT2D eigenvalue weighted by atomic mass is 16.1. The van der Waals surface area contributed by atoms with Crippen LogP contribution in [0.5, 0.6) is 0 Å². The molecule has 0 spiro atoms. The molecule has 2 fully saturated rings. The lowest BCUT2D eigenvalue weighted by Crippen LogP contribution is -2.48. The third-order valence-corrected chi connectivity index (χ3v) is 4.10. The Hall–Kier alpha value is -0.610. The van der Waals surface area contributed by atoms with Gasteiger partial charge in [-0.1, -0.05) is 0 Å². The quantitative estimate of drug-likeness (QED) is 0.712. The molecule has 0 aromatic heterocycles. The highest BCUT2D eigenvalue weighted by molar-refractivity contribution is 5.77. The first-order valence-corrected chi connectivity index (χ1v) is 8.12. The first-order chi connectivity index (χ1) is 9.37. The average molecular weight is 281 g/mol. The largest absolute Gasteiger partial charge is 0.351 e. The molecule has 116 valence electrons. The van der Waals surface area contributed by atoms with Gasteiger partial charge in [0.15, 0.2) is 0 Å². The maximum absolute atomic E-state index is 12.1. The van der Waals surface area contributed by atoms with E-state index in [-0.39, 0.29) is 17.5 Å². The van der Waals surface area contributed by atoms with E-state index in [2.05, 4.69) is 10.2 Å². The summed E-state index contributed by atoms with van der Waals surface area (Å²) in [6.45, 7) is 8.93. The molecule has 0 aliphatic heterocycles. The van der Waals surface area contributed by atoms with Gasteiger partial charge in [-0.3, -0.25) is 9.69 Å². The van der Waals surface area contributed by atoms with Crippen molar-refractivity contribution in [2.75, 3.05) is 19.6 Å². The number of amides is 1. The molecule has 20 heavy (non-hydrogen) atoms. The lowest BCUT2D eigenvalue weighted by atomic mass is 10.1. The normalized spacial score (nSPS) is 21.1. The topological polar surface area (TPSA) is 58.4 Å². The molecule has 0 heterocycles. The third-order valence-electron chi connectivity index (χ3n) is 4.10. The van der Waals surface area contributed by atoms with Crippen LogP contribution in [0, 0.1) is 11.8 Å². The molecule has 0 aromatic rings. The fourth-order valence-corrected chi connectivity index (χ4v) is 2.68. The number of rotatable bonds is 8. The summed E-state index contributed by atoms with van der Waals surface area (Å²) in [5.41, 5.74) is 5.80. The highest BCUT2D eigenvalue weighted by Gasteiger charge is 2.33. The van der Waals surface area contributed by atoms with Gasteiger partial charge in [-0.25, -0.2) is 0 Å². The Bertz CT molecular complexity index is 315. The minimum Gasteiger partial charge on any atom is -0.351 e. The van der Waals surface area contributed by atoms with Gasteiger partial charge >= 0.3 is 0 Å². The molecular formula is C16H31N3O. The Morgan fingerprint density at radius 3 is 2.05 bits per heavy atom. The first kappa shape index (κ1) is 15.8. The van der Waals surface area contributed by atoms with Gasteiger partial charge in [0, 0.05) is 37.6 Å². The van der Waals surface area contributed by atoms with E-state index in [0.29, 0.717) is 13.0 Å². The number of carbonyl (C=O) groups excluding carboxylic acids is 1. The summed E-state index contributed by atoms with van der Waals surface area (Å²) < 4.78 is 0. The third kappa shape index (κ3) is 5.80. The van der Waals surface area contributed by atoms with E-state index < -0.39 is 0 Å². The zero-order valence-electron chi connectivity index (χ0n) is 13.3. The molecule has 0 saturated heterocycles. The van der Waals surface area contributed by atoms with Crippen LogP contribution in [0.3, 0.4) is 0 Å². The van der Waals surface area contributed by atoms with Gasteiger partial charge in [-0.05, 0) is 58.3 Å². The molecule has 2 aliphatic carbocycles. The number of carbonyl (C=O) groups is 1. The molecule has 0 bridgehead atoms. The van der Waals surface area contributed by atoms with Gasteiger partial charge in [0.2, 0.25) is 5.91 Å². The number of hydrogen-bond acceptors (Lipinski definition) is 3. The number of hydrogen-bond donors (Lipinski definition) is 2. The van der Waals surface area contributed by atoms with Gasteiger partial charge in [0.1, 0.15) is 0 Å². The van der Waals surface area contributed by atoms with E-state index >= 15 is 0 Å². The molecular weight excluding hydrogens is 250 g/mol. The van der Waals surface area contributed by atoms with Crippen molar-refractivity contribution in [2.24, 2.45) is 17.6 Å². The summed E-state index contributed by atoms with van der Waals surface area (Å²) in [5.74, 6) is 1.84. The summed E-state index contributed by atoms with van der Waals surface area (Å²) in [6, 6.07) is 0.207. The van der Waals surface area contributed by atoms with Crippen molar-refractivity contribution in [1.29, 1.82) is 0 Å². The Balaban J connectivity index is 1.86. The molecule has 2 rings (SSSR count). The van der Waals surface area contributed by atoms with E-state index in [1.54, 1.807) is 0 Å². The van der Waals surface area contributed by atoms with E-state index in [1.165, 1.54) is 25.7 Å². The summed E-state index contributed by atoms with van der Waals surface area (Å²) in [4.78, 5) is 14.6. The molecule has 2 aliphatic rings. The van der Waals surface area contributed by atoms with E-state index in [0.717, 1.165) is 24.9 Å². The summed E-state index contributed by atoms with van der Waals surface area (Å²) in [6.07, 6.45) is 5.95. The molecule has 2 saturated carbocycles. The van der Waals surface area contributed by atoms with Gasteiger partial charge in [0.25, 0.3) is 0 Å². The fourth-order valence-electron chi connectivity index (χ4n) is 2.68. The summed E-state index contributed by atoms with van der Waals surface area (Å²) in [7, 11) is 0. The minimum absolute atomic E-state index is 0.129. The summed E-state index contributed by atoms with van der Waals surface area (Å²) in [5, 5.41) is 3.06. The monoisotopic (exact) mass is 281 g/mol. The van der Waals surface area contributed by atoms with Gasteiger partial charge in [-0.2, -0.15) is 0 Å². The average Bonchev–Trinajstić information content (AvgIpc) is 3.17. The van der Waals surface area contributed by atoms with Crippen molar-refractivity contribution in [3.05, 3.63) is 0 Å². The summed E-state index contributed by atoms with van der Waals surface area (Å²) >= 11 is 0. The second kappa shape index (κ2) is 6.44. The van der Waals surface area contributed by atoms with E-state index in [9.17, 15) is 4.79 Å². The molecule has 0 radical (unpaired) electrons. The van der Waals surface area contributed by atoms with Crippen molar-refractivity contribution in [2.45, 2.75) is 64.5 Å². The van der Waals surface area contributed by atoms with Crippen molar-refractivity contribution >= 4 is 5.91 Å². The number of nitrogens with zero attached hydrogens (tertiary/aromatic N) is 1. The van der Waals surface area contributed by atoms with Gasteiger partial charge < -0.3 is 11.1 Å². The zero-order chi connectivity index (χ0) is 14.8. The molecule has 0 aromatic carbocycles. The highest BCUT2D eigenvalue weighted by Crippen LogP contribution is 2.34. The molecule has 1 atom stereocenters. The van der Waals surface area contributed by atoms with Crippen LogP contribution in [0.4, 0.5) is 0 Å². The Morgan fingerprint density at radius 2 is 1.70 bits per heavy atom. The lowest BCUT2D eigenvalue weighted by molar-refractivity contribution is -0.123. The second-order valence-electron chi connectivity index (χ2n) is 7.73. The maximum atomic E-state index is 12.1. The van der Waals surface area contributed by atoms with Crippen molar-refractivity contribution < 1.29 is 4.79 Å². The lowest BCUT2D eigenvalue weighted by Gasteiger charge is -2.32. The Morgan fingerprint density at radius 1 is 1.20 bits per heavy atom. The molecule has 1 amide bonds. The second-order valence-corrected chi connectivity index (χ2v) is 7.73. The minimum atomic E-state index is -0.159. The predicted molar refractivity (Wildman–Crippen MR) is 82.4 cm³/mol. The SMILES string of the molecule is CC(C)(C)NC(=O)CC(CN)N(CC1CC1)CC1CC1. The zero-order valence-corrected chi connectivity index (χ0v) is 13.3. The predicted octanol–water partition coefficient (Wildman–Crippen LogP) is 1.74. The molecule has 3 N–H and O–H groups in total. The number of nitrogens with two attached hydrogens (primary N) is 1. The van der Waals surface area contributed by atoms with Crippen LogP contribution in [0.15, 0.2) is 0 Å². The van der Waals surface area contributed by atoms with E-state index in [1.807, 2.05) is 20.8 Å². The van der Waals surface area contributed by atoms with Crippen LogP contribution in [-0.4, -0.2) is 42.0 Å². The van der Waals surface area contributed by atoms with Crippen LogP contribution in [0.2, 0.25) is 0 Å². The standard InChI is InChI=1S/C16H31N3O/c1-16(2,3)18-15(20)8-14(9-17)19(10-12-4-5-12)11-13-6-7-13/h12-14H,4-11,17H2,1-3H3,(H,18,20). The van der Waals surface area contributed by atoms with Gasteiger partial charge in [0.05, 0.1) is 0 Å². The van der Waals surface area contributed by atoms with Crippen LogP contribution in [0.1, 0.15) is 52.9 Å². The number of nitrogens with one attached hydrogen (secondary N) is 1. The fraction of sp³-hybridized carbons (Fsp3) is 0.938. The molecule has 4 nitrogen and oxygen atoms in total. The van der Waals surface area contributed by atoms with E-state index in [4.69, 9.17) is 5.73 Å². The van der Waals surface area contributed by atoms with Crippen LogP contribution >= 0.6 is 0 Å². The van der Waals surface area contributed by atoms with Crippen molar-refractivity contribution in [1.82, 2.24) is 10.2 Å².